The van der Waals surface area contributed by atoms with Gasteiger partial charge in [-0.2, -0.15) is 0 Å². The summed E-state index contributed by atoms with van der Waals surface area (Å²) in [6.45, 7) is 3.94. The number of halogens is 1. The van der Waals surface area contributed by atoms with Gasteiger partial charge in [-0.15, -0.1) is 0 Å². The lowest BCUT2D eigenvalue weighted by molar-refractivity contribution is -0.140. The number of carbonyl (C=O) groups is 1. The van der Waals surface area contributed by atoms with Crippen molar-refractivity contribution in [1.82, 2.24) is 9.88 Å². The lowest BCUT2D eigenvalue weighted by atomic mass is 9.99. The lowest BCUT2D eigenvalue weighted by Crippen LogP contribution is -2.56. The van der Waals surface area contributed by atoms with Crippen LogP contribution in [0.3, 0.4) is 0 Å². The molecule has 5 nitrogen and oxygen atoms in total. The fourth-order valence-corrected chi connectivity index (χ4v) is 3.87. The van der Waals surface area contributed by atoms with Crippen LogP contribution in [0.4, 0.5) is 9.52 Å². The standard InChI is InChI=1S/C15H16FN3O2S/c16-11-2-1-3-12-13(11)17-15(22-12)19-8-10(9-19)14(20)18-4-6-21-7-5-18/h1-3,10H,4-9H2. The van der Waals surface area contributed by atoms with Crippen molar-refractivity contribution in [2.75, 3.05) is 44.3 Å². The molecule has 0 unspecified atom stereocenters. The van der Waals surface area contributed by atoms with Gasteiger partial charge in [0.15, 0.2) is 5.13 Å². The topological polar surface area (TPSA) is 45.7 Å². The number of anilines is 1. The molecule has 1 aromatic carbocycles. The van der Waals surface area contributed by atoms with Crippen molar-refractivity contribution in [2.24, 2.45) is 5.92 Å². The zero-order chi connectivity index (χ0) is 15.1. The van der Waals surface area contributed by atoms with Crippen LogP contribution in [0.25, 0.3) is 10.2 Å². The smallest absolute Gasteiger partial charge is 0.229 e. The number of carbonyl (C=O) groups excluding carboxylic acids is 1. The van der Waals surface area contributed by atoms with Gasteiger partial charge in [-0.25, -0.2) is 9.37 Å². The Balaban J connectivity index is 1.43. The molecule has 2 saturated heterocycles. The molecule has 22 heavy (non-hydrogen) atoms. The molecular weight excluding hydrogens is 305 g/mol. The van der Waals surface area contributed by atoms with E-state index in [1.54, 1.807) is 6.07 Å². The minimum absolute atomic E-state index is 0.0231. The first-order valence-corrected chi connectivity index (χ1v) is 8.20. The molecule has 2 fully saturated rings. The molecule has 0 aliphatic carbocycles. The van der Waals surface area contributed by atoms with Crippen LogP contribution in [0, 0.1) is 11.7 Å². The molecule has 2 aliphatic heterocycles. The van der Waals surface area contributed by atoms with E-state index >= 15 is 0 Å². The van der Waals surface area contributed by atoms with Gasteiger partial charge in [0.25, 0.3) is 0 Å². The molecule has 1 amide bonds. The number of morpholine rings is 1. The average molecular weight is 321 g/mol. The summed E-state index contributed by atoms with van der Waals surface area (Å²) in [5.41, 5.74) is 0.422. The largest absolute Gasteiger partial charge is 0.378 e. The van der Waals surface area contributed by atoms with Crippen LogP contribution in [0.15, 0.2) is 18.2 Å². The molecule has 0 saturated carbocycles. The molecule has 0 atom stereocenters. The van der Waals surface area contributed by atoms with E-state index in [1.807, 2.05) is 15.9 Å². The Hall–Kier alpha value is -1.73. The Morgan fingerprint density at radius 1 is 1.32 bits per heavy atom. The summed E-state index contributed by atoms with van der Waals surface area (Å²) in [5, 5.41) is 0.797. The van der Waals surface area contributed by atoms with Crippen LogP contribution < -0.4 is 4.90 Å². The van der Waals surface area contributed by atoms with Crippen LogP contribution in [0.5, 0.6) is 0 Å². The monoisotopic (exact) mass is 321 g/mol. The number of hydrogen-bond donors (Lipinski definition) is 0. The van der Waals surface area contributed by atoms with E-state index < -0.39 is 0 Å². The molecule has 0 spiro atoms. The number of aromatic nitrogens is 1. The van der Waals surface area contributed by atoms with Gasteiger partial charge in [-0.1, -0.05) is 17.4 Å². The van der Waals surface area contributed by atoms with Gasteiger partial charge >= 0.3 is 0 Å². The highest BCUT2D eigenvalue weighted by Gasteiger charge is 2.37. The maximum Gasteiger partial charge on any atom is 0.229 e. The van der Waals surface area contributed by atoms with Crippen LogP contribution in [-0.2, 0) is 9.53 Å². The van der Waals surface area contributed by atoms with Crippen LogP contribution >= 0.6 is 11.3 Å². The third-order valence-corrected chi connectivity index (χ3v) is 5.26. The molecule has 1 aromatic heterocycles. The molecule has 0 radical (unpaired) electrons. The highest BCUT2D eigenvalue weighted by molar-refractivity contribution is 7.22. The van der Waals surface area contributed by atoms with E-state index in [0.29, 0.717) is 44.9 Å². The van der Waals surface area contributed by atoms with E-state index in [9.17, 15) is 9.18 Å². The van der Waals surface area contributed by atoms with E-state index in [1.165, 1.54) is 17.4 Å². The third kappa shape index (κ3) is 2.34. The number of ether oxygens (including phenoxy) is 1. The molecular formula is C15H16FN3O2S. The molecule has 0 bridgehead atoms. The van der Waals surface area contributed by atoms with Gasteiger partial charge in [-0.05, 0) is 12.1 Å². The number of nitrogens with zero attached hydrogens (tertiary/aromatic N) is 3. The number of rotatable bonds is 2. The van der Waals surface area contributed by atoms with Crippen LogP contribution in [-0.4, -0.2) is 55.2 Å². The quantitative estimate of drug-likeness (QED) is 0.845. The predicted octanol–water partition coefficient (Wildman–Crippen LogP) is 1.73. The first-order chi connectivity index (χ1) is 10.7. The molecule has 7 heteroatoms. The Bertz CT molecular complexity index is 708. The fraction of sp³-hybridized carbons (Fsp3) is 0.467. The lowest BCUT2D eigenvalue weighted by Gasteiger charge is -2.41. The number of amides is 1. The van der Waals surface area contributed by atoms with Gasteiger partial charge in [0.05, 0.1) is 23.8 Å². The van der Waals surface area contributed by atoms with Crippen LogP contribution in [0.1, 0.15) is 0 Å². The van der Waals surface area contributed by atoms with Crippen LogP contribution in [0.2, 0.25) is 0 Å². The van der Waals surface area contributed by atoms with Crippen molar-refractivity contribution in [1.29, 1.82) is 0 Å². The summed E-state index contributed by atoms with van der Waals surface area (Å²) < 4.78 is 19.8. The van der Waals surface area contributed by atoms with Gasteiger partial charge < -0.3 is 14.5 Å². The Morgan fingerprint density at radius 2 is 2.09 bits per heavy atom. The van der Waals surface area contributed by atoms with Crippen molar-refractivity contribution in [2.45, 2.75) is 0 Å². The first kappa shape index (κ1) is 13.9. The fourth-order valence-electron chi connectivity index (χ4n) is 2.87. The maximum atomic E-state index is 13.7. The number of hydrogen-bond acceptors (Lipinski definition) is 5. The molecule has 116 valence electrons. The summed E-state index contributed by atoms with van der Waals surface area (Å²) in [6.07, 6.45) is 0. The number of fused-ring (bicyclic) bond motifs is 1. The zero-order valence-corrected chi connectivity index (χ0v) is 12.8. The maximum absolute atomic E-state index is 13.7. The minimum Gasteiger partial charge on any atom is -0.378 e. The second-order valence-electron chi connectivity index (χ2n) is 5.62. The third-order valence-electron chi connectivity index (χ3n) is 4.18. The molecule has 4 rings (SSSR count). The van der Waals surface area contributed by atoms with E-state index in [-0.39, 0.29) is 17.6 Å². The highest BCUT2D eigenvalue weighted by Crippen LogP contribution is 2.34. The van der Waals surface area contributed by atoms with Crippen molar-refractivity contribution >= 4 is 32.6 Å². The number of para-hydroxylation sites is 1. The van der Waals surface area contributed by atoms with Gasteiger partial charge in [0.1, 0.15) is 11.3 Å². The normalized spacial score (nSPS) is 19.5. The molecule has 0 N–H and O–H groups in total. The molecule has 2 aliphatic rings. The Labute approximate surface area is 131 Å². The van der Waals surface area contributed by atoms with Gasteiger partial charge in [-0.3, -0.25) is 4.79 Å². The zero-order valence-electron chi connectivity index (χ0n) is 12.0. The summed E-state index contributed by atoms with van der Waals surface area (Å²) >= 11 is 1.47. The van der Waals surface area contributed by atoms with Gasteiger partial charge in [0.2, 0.25) is 5.91 Å². The van der Waals surface area contributed by atoms with Crippen molar-refractivity contribution in [3.63, 3.8) is 0 Å². The number of thiazole rings is 1. The second-order valence-corrected chi connectivity index (χ2v) is 6.63. The number of benzene rings is 1. The Kier molecular flexibility index (Phi) is 3.46. The highest BCUT2D eigenvalue weighted by atomic mass is 32.1. The van der Waals surface area contributed by atoms with Gasteiger partial charge in [0, 0.05) is 26.2 Å². The average Bonchev–Trinajstić information content (AvgIpc) is 2.91. The molecule has 3 heterocycles. The minimum atomic E-state index is -0.290. The van der Waals surface area contributed by atoms with Crippen molar-refractivity contribution in [3.05, 3.63) is 24.0 Å². The molecule has 2 aromatic rings. The van der Waals surface area contributed by atoms with Crippen molar-refractivity contribution < 1.29 is 13.9 Å². The summed E-state index contributed by atoms with van der Waals surface area (Å²) in [4.78, 5) is 20.6. The SMILES string of the molecule is O=C(C1CN(c2nc3c(F)cccc3s2)C1)N1CCOCC1. The summed E-state index contributed by atoms with van der Waals surface area (Å²) in [6, 6.07) is 4.99. The predicted molar refractivity (Wildman–Crippen MR) is 82.7 cm³/mol. The second kappa shape index (κ2) is 5.48. The Morgan fingerprint density at radius 3 is 2.82 bits per heavy atom. The van der Waals surface area contributed by atoms with E-state index in [4.69, 9.17) is 4.74 Å². The van der Waals surface area contributed by atoms with E-state index in [0.717, 1.165) is 9.83 Å². The summed E-state index contributed by atoms with van der Waals surface area (Å²) in [7, 11) is 0. The van der Waals surface area contributed by atoms with Crippen molar-refractivity contribution in [3.8, 4) is 0 Å². The first-order valence-electron chi connectivity index (χ1n) is 7.39. The van der Waals surface area contributed by atoms with E-state index in [2.05, 4.69) is 4.98 Å². The summed E-state index contributed by atoms with van der Waals surface area (Å²) in [5.74, 6) is -0.0664.